The first kappa shape index (κ1) is 9.73. The number of hydrogen-bond donors (Lipinski definition) is 2. The van der Waals surface area contributed by atoms with Crippen molar-refractivity contribution in [3.05, 3.63) is 18.0 Å². The molecule has 0 unspecified atom stereocenters. The molecule has 13 heavy (non-hydrogen) atoms. The molecule has 0 fully saturated rings. The Kier molecular flexibility index (Phi) is 3.45. The first-order chi connectivity index (χ1) is 6.24. The van der Waals surface area contributed by atoms with Crippen LogP contribution in [0.5, 0.6) is 0 Å². The summed E-state index contributed by atoms with van der Waals surface area (Å²) in [5, 5.41) is 6.29. The number of nitrogens with two attached hydrogens (primary N) is 1. The number of amides is 1. The molecule has 0 aliphatic heterocycles. The predicted octanol–water partition coefficient (Wildman–Crippen LogP) is 0.0281. The normalized spacial score (nSPS) is 12.5. The van der Waals surface area contributed by atoms with Gasteiger partial charge in [0.2, 0.25) is 5.91 Å². The lowest BCUT2D eigenvalue weighted by Crippen LogP contribution is -2.39. The first-order valence-electron chi connectivity index (χ1n) is 4.16. The van der Waals surface area contributed by atoms with Crippen LogP contribution in [0.1, 0.15) is 19.0 Å². The average Bonchev–Trinajstić information content (AvgIpc) is 2.65. The van der Waals surface area contributed by atoms with E-state index in [4.69, 9.17) is 5.73 Å². The third-order valence-electron chi connectivity index (χ3n) is 1.71. The van der Waals surface area contributed by atoms with Gasteiger partial charge in [0.25, 0.3) is 0 Å². The van der Waals surface area contributed by atoms with Gasteiger partial charge >= 0.3 is 0 Å². The monoisotopic (exact) mass is 183 g/mol. The zero-order valence-corrected chi connectivity index (χ0v) is 7.49. The summed E-state index contributed by atoms with van der Waals surface area (Å²) in [4.78, 5) is 11.2. The van der Waals surface area contributed by atoms with Crippen molar-refractivity contribution in [2.24, 2.45) is 5.73 Å². The molecule has 1 atom stereocenters. The smallest absolute Gasteiger partial charge is 0.237 e. The van der Waals surface area contributed by atoms with E-state index in [9.17, 15) is 4.79 Å². The number of hydrogen-bond acceptors (Lipinski definition) is 4. The van der Waals surface area contributed by atoms with Crippen molar-refractivity contribution in [2.75, 3.05) is 0 Å². The Hall–Kier alpha value is -1.36. The van der Waals surface area contributed by atoms with Crippen LogP contribution in [0, 0.1) is 0 Å². The van der Waals surface area contributed by atoms with E-state index in [1.54, 1.807) is 6.07 Å². The minimum absolute atomic E-state index is 0.162. The molecule has 1 heterocycles. The van der Waals surface area contributed by atoms with E-state index in [0.717, 1.165) is 0 Å². The predicted molar refractivity (Wildman–Crippen MR) is 46.6 cm³/mol. The molecule has 5 nitrogen and oxygen atoms in total. The summed E-state index contributed by atoms with van der Waals surface area (Å²) in [6.45, 7) is 2.23. The average molecular weight is 183 g/mol. The fourth-order valence-corrected chi connectivity index (χ4v) is 0.823. The van der Waals surface area contributed by atoms with Crippen molar-refractivity contribution in [1.29, 1.82) is 0 Å². The zero-order valence-electron chi connectivity index (χ0n) is 7.49. The highest BCUT2D eigenvalue weighted by molar-refractivity contribution is 5.81. The number of nitrogens with zero attached hydrogens (tertiary/aromatic N) is 1. The highest BCUT2D eigenvalue weighted by Crippen LogP contribution is 1.93. The molecule has 1 rings (SSSR count). The molecule has 3 N–H and O–H groups in total. The van der Waals surface area contributed by atoms with Gasteiger partial charge in [-0.1, -0.05) is 12.1 Å². The van der Waals surface area contributed by atoms with E-state index in [2.05, 4.69) is 15.0 Å². The zero-order chi connectivity index (χ0) is 9.68. The van der Waals surface area contributed by atoms with Crippen LogP contribution in [0.4, 0.5) is 0 Å². The largest absolute Gasteiger partial charge is 0.364 e. The molecule has 0 saturated carbocycles. The first-order valence-corrected chi connectivity index (χ1v) is 4.16. The highest BCUT2D eigenvalue weighted by Gasteiger charge is 2.10. The SMILES string of the molecule is CC[C@H](N)C(=O)NCc1ccon1. The summed E-state index contributed by atoms with van der Waals surface area (Å²) < 4.78 is 4.60. The molecule has 5 heteroatoms. The Morgan fingerprint density at radius 2 is 2.62 bits per heavy atom. The Balaban J connectivity index is 2.31. The summed E-state index contributed by atoms with van der Waals surface area (Å²) in [5.74, 6) is -0.162. The molecule has 0 radical (unpaired) electrons. The Labute approximate surface area is 76.3 Å². The number of aromatic nitrogens is 1. The second-order valence-electron chi connectivity index (χ2n) is 2.72. The second kappa shape index (κ2) is 4.61. The molecule has 0 spiro atoms. The minimum atomic E-state index is -0.438. The lowest BCUT2D eigenvalue weighted by atomic mass is 10.2. The van der Waals surface area contributed by atoms with Gasteiger partial charge in [-0.05, 0) is 6.42 Å². The molecule has 72 valence electrons. The maximum atomic E-state index is 11.2. The van der Waals surface area contributed by atoms with Gasteiger partial charge in [0.15, 0.2) is 0 Å². The summed E-state index contributed by atoms with van der Waals surface area (Å²) >= 11 is 0. The van der Waals surface area contributed by atoms with Gasteiger partial charge in [0, 0.05) is 6.07 Å². The summed E-state index contributed by atoms with van der Waals surface area (Å²) in [7, 11) is 0. The van der Waals surface area contributed by atoms with Crippen LogP contribution < -0.4 is 11.1 Å². The summed E-state index contributed by atoms with van der Waals surface area (Å²) in [6, 6.07) is 1.25. The third kappa shape index (κ3) is 2.87. The lowest BCUT2D eigenvalue weighted by molar-refractivity contribution is -0.122. The molecule has 0 aliphatic rings. The van der Waals surface area contributed by atoms with Gasteiger partial charge in [-0.3, -0.25) is 4.79 Å². The molecule has 1 aromatic rings. The van der Waals surface area contributed by atoms with Crippen molar-refractivity contribution in [3.63, 3.8) is 0 Å². The van der Waals surface area contributed by atoms with E-state index in [1.165, 1.54) is 6.26 Å². The minimum Gasteiger partial charge on any atom is -0.364 e. The fourth-order valence-electron chi connectivity index (χ4n) is 0.823. The van der Waals surface area contributed by atoms with Gasteiger partial charge < -0.3 is 15.6 Å². The molecule has 0 bridgehead atoms. The highest BCUT2D eigenvalue weighted by atomic mass is 16.5. The Morgan fingerprint density at radius 1 is 1.85 bits per heavy atom. The van der Waals surface area contributed by atoms with Gasteiger partial charge in [0.1, 0.15) is 12.0 Å². The molecular weight excluding hydrogens is 170 g/mol. The van der Waals surface area contributed by atoms with Gasteiger partial charge in [-0.2, -0.15) is 0 Å². The van der Waals surface area contributed by atoms with Crippen LogP contribution in [0.3, 0.4) is 0 Å². The van der Waals surface area contributed by atoms with E-state index in [0.29, 0.717) is 18.7 Å². The Morgan fingerprint density at radius 3 is 3.15 bits per heavy atom. The molecule has 0 aromatic carbocycles. The Bertz CT molecular complexity index is 258. The van der Waals surface area contributed by atoms with Crippen LogP contribution in [-0.4, -0.2) is 17.1 Å². The standard InChI is InChI=1S/C8H13N3O2/c1-2-7(9)8(12)10-5-6-3-4-13-11-6/h3-4,7H,2,5,9H2,1H3,(H,10,12)/t7-/m0/s1. The molecule has 1 amide bonds. The van der Waals surface area contributed by atoms with Crippen LogP contribution in [0.15, 0.2) is 16.9 Å². The van der Waals surface area contributed by atoms with E-state index in [-0.39, 0.29) is 5.91 Å². The summed E-state index contributed by atoms with van der Waals surface area (Å²) in [5.41, 5.74) is 6.19. The van der Waals surface area contributed by atoms with E-state index < -0.39 is 6.04 Å². The molecule has 1 aromatic heterocycles. The van der Waals surface area contributed by atoms with Crippen LogP contribution in [0.25, 0.3) is 0 Å². The number of rotatable bonds is 4. The number of carbonyl (C=O) groups is 1. The van der Waals surface area contributed by atoms with Crippen molar-refractivity contribution < 1.29 is 9.32 Å². The number of carbonyl (C=O) groups excluding carboxylic acids is 1. The molecular formula is C8H13N3O2. The van der Waals surface area contributed by atoms with Crippen LogP contribution >= 0.6 is 0 Å². The second-order valence-corrected chi connectivity index (χ2v) is 2.72. The van der Waals surface area contributed by atoms with Crippen LogP contribution in [0.2, 0.25) is 0 Å². The van der Waals surface area contributed by atoms with E-state index >= 15 is 0 Å². The van der Waals surface area contributed by atoms with Crippen LogP contribution in [-0.2, 0) is 11.3 Å². The van der Waals surface area contributed by atoms with Crippen molar-refractivity contribution in [2.45, 2.75) is 25.9 Å². The van der Waals surface area contributed by atoms with Crippen molar-refractivity contribution >= 4 is 5.91 Å². The maximum absolute atomic E-state index is 11.2. The molecule has 0 saturated heterocycles. The quantitative estimate of drug-likeness (QED) is 0.690. The van der Waals surface area contributed by atoms with Crippen molar-refractivity contribution in [3.8, 4) is 0 Å². The van der Waals surface area contributed by atoms with Gasteiger partial charge in [-0.25, -0.2) is 0 Å². The summed E-state index contributed by atoms with van der Waals surface area (Å²) in [6.07, 6.45) is 2.09. The van der Waals surface area contributed by atoms with Gasteiger partial charge in [0.05, 0.1) is 12.6 Å². The van der Waals surface area contributed by atoms with Crippen molar-refractivity contribution in [1.82, 2.24) is 10.5 Å². The van der Waals surface area contributed by atoms with E-state index in [1.807, 2.05) is 6.92 Å². The topological polar surface area (TPSA) is 81.2 Å². The third-order valence-corrected chi connectivity index (χ3v) is 1.71. The van der Waals surface area contributed by atoms with Gasteiger partial charge in [-0.15, -0.1) is 0 Å². The number of nitrogens with one attached hydrogen (secondary N) is 1. The molecule has 0 aliphatic carbocycles. The maximum Gasteiger partial charge on any atom is 0.237 e. The fraction of sp³-hybridized carbons (Fsp3) is 0.500. The lowest BCUT2D eigenvalue weighted by Gasteiger charge is -2.07.